The van der Waals surface area contributed by atoms with Gasteiger partial charge in [-0.05, 0) is 38.5 Å². The van der Waals surface area contributed by atoms with Crippen molar-refractivity contribution >= 4 is 0 Å². The number of rotatable bonds is 7. The van der Waals surface area contributed by atoms with Gasteiger partial charge in [0.1, 0.15) is 0 Å². The van der Waals surface area contributed by atoms with Gasteiger partial charge < -0.3 is 4.74 Å². The largest absolute Gasteiger partial charge is 0.378 e. The Morgan fingerprint density at radius 2 is 1.75 bits per heavy atom. The monoisotopic (exact) mass is 234 g/mol. The summed E-state index contributed by atoms with van der Waals surface area (Å²) in [5.41, 5.74) is 0.0720. The van der Waals surface area contributed by atoms with E-state index in [0.29, 0.717) is 13.0 Å². The van der Waals surface area contributed by atoms with E-state index in [2.05, 4.69) is 0 Å². The van der Waals surface area contributed by atoms with Crippen LogP contribution in [0.5, 0.6) is 0 Å². The van der Waals surface area contributed by atoms with Gasteiger partial charge in [-0.25, -0.2) is 8.78 Å². The molecule has 16 heavy (non-hydrogen) atoms. The Bertz CT molecular complexity index is 220. The third-order valence-electron chi connectivity index (χ3n) is 3.51. The summed E-state index contributed by atoms with van der Waals surface area (Å²) in [7, 11) is 0. The molecule has 1 aliphatic rings. The molecule has 0 aromatic rings. The molecule has 0 bridgehead atoms. The van der Waals surface area contributed by atoms with Crippen LogP contribution in [0.2, 0.25) is 0 Å². The minimum absolute atomic E-state index is 0.00607. The number of halogens is 2. The van der Waals surface area contributed by atoms with Gasteiger partial charge in [-0.3, -0.25) is 0 Å². The fourth-order valence-electron chi connectivity index (χ4n) is 1.71. The molecule has 0 N–H and O–H groups in total. The van der Waals surface area contributed by atoms with E-state index in [0.717, 1.165) is 12.8 Å². The highest BCUT2D eigenvalue weighted by Crippen LogP contribution is 2.51. The molecular weight excluding hydrogens is 210 g/mol. The van der Waals surface area contributed by atoms with Crippen LogP contribution in [0.4, 0.5) is 8.78 Å². The van der Waals surface area contributed by atoms with Gasteiger partial charge >= 0.3 is 0 Å². The molecule has 0 atom stereocenters. The first-order valence-corrected chi connectivity index (χ1v) is 6.27. The van der Waals surface area contributed by atoms with E-state index < -0.39 is 11.8 Å². The zero-order valence-electron chi connectivity index (χ0n) is 10.9. The van der Waals surface area contributed by atoms with E-state index in [1.165, 1.54) is 0 Å². The van der Waals surface area contributed by atoms with E-state index in [4.69, 9.17) is 4.74 Å². The molecule has 96 valence electrons. The molecule has 3 heteroatoms. The molecule has 0 saturated heterocycles. The average Bonchev–Trinajstić information content (AvgIpc) is 2.93. The van der Waals surface area contributed by atoms with Crippen LogP contribution in [0.25, 0.3) is 0 Å². The summed E-state index contributed by atoms with van der Waals surface area (Å²) in [6.07, 6.45) is 2.90. The fourth-order valence-corrected chi connectivity index (χ4v) is 1.71. The molecule has 0 amide bonds. The van der Waals surface area contributed by atoms with Crippen LogP contribution in [0.1, 0.15) is 53.4 Å². The van der Waals surface area contributed by atoms with Crippen molar-refractivity contribution in [3.8, 4) is 0 Å². The number of hydrogen-bond donors (Lipinski definition) is 0. The topological polar surface area (TPSA) is 9.23 Å². The van der Waals surface area contributed by atoms with Crippen molar-refractivity contribution in [3.05, 3.63) is 0 Å². The van der Waals surface area contributed by atoms with Crippen molar-refractivity contribution in [1.29, 1.82) is 0 Å². The van der Waals surface area contributed by atoms with Gasteiger partial charge in [-0.2, -0.15) is 0 Å². The summed E-state index contributed by atoms with van der Waals surface area (Å²) in [6, 6.07) is 0. The predicted octanol–water partition coefficient (Wildman–Crippen LogP) is 4.26. The molecule has 0 aliphatic heterocycles. The molecule has 0 radical (unpaired) electrons. The number of ether oxygens (including phenoxy) is 1. The molecule has 0 spiro atoms. The summed E-state index contributed by atoms with van der Waals surface area (Å²) in [5.74, 6) is -3.08. The standard InChI is InChI=1S/C13H24F2O/c1-10(2)13(14,15)8-7-12(5-6-12)9-16-11(3)4/h10-11H,5-9H2,1-4H3. The van der Waals surface area contributed by atoms with Gasteiger partial charge in [-0.1, -0.05) is 13.8 Å². The minimum Gasteiger partial charge on any atom is -0.378 e. The van der Waals surface area contributed by atoms with E-state index >= 15 is 0 Å². The highest BCUT2D eigenvalue weighted by Gasteiger charge is 2.45. The van der Waals surface area contributed by atoms with Crippen LogP contribution in [-0.4, -0.2) is 18.6 Å². The quantitative estimate of drug-likeness (QED) is 0.639. The second kappa shape index (κ2) is 4.99. The minimum atomic E-state index is -2.52. The van der Waals surface area contributed by atoms with Crippen molar-refractivity contribution in [2.75, 3.05) is 6.61 Å². The van der Waals surface area contributed by atoms with Crippen molar-refractivity contribution in [2.24, 2.45) is 11.3 Å². The Morgan fingerprint density at radius 1 is 1.19 bits per heavy atom. The van der Waals surface area contributed by atoms with Crippen LogP contribution in [0.15, 0.2) is 0 Å². The highest BCUT2D eigenvalue weighted by atomic mass is 19.3. The van der Waals surface area contributed by atoms with Gasteiger partial charge in [0.2, 0.25) is 5.92 Å². The lowest BCUT2D eigenvalue weighted by Gasteiger charge is -2.24. The summed E-state index contributed by atoms with van der Waals surface area (Å²) >= 11 is 0. The number of alkyl halides is 2. The Balaban J connectivity index is 2.32. The SMILES string of the molecule is CC(C)OCC1(CCC(F)(F)C(C)C)CC1. The Kier molecular flexibility index (Phi) is 4.33. The lowest BCUT2D eigenvalue weighted by atomic mass is 9.93. The summed E-state index contributed by atoms with van der Waals surface area (Å²) in [5, 5.41) is 0. The van der Waals surface area contributed by atoms with Crippen molar-refractivity contribution in [2.45, 2.75) is 65.4 Å². The first-order chi connectivity index (χ1) is 7.27. The third-order valence-corrected chi connectivity index (χ3v) is 3.51. The summed E-state index contributed by atoms with van der Waals surface area (Å²) in [4.78, 5) is 0. The van der Waals surface area contributed by atoms with Gasteiger partial charge in [0, 0.05) is 12.3 Å². The molecule has 0 aromatic carbocycles. The molecule has 1 rings (SSSR count). The molecule has 1 saturated carbocycles. The second-order valence-electron chi connectivity index (χ2n) is 5.78. The molecule has 1 fully saturated rings. The maximum absolute atomic E-state index is 13.5. The molecule has 1 aliphatic carbocycles. The lowest BCUT2D eigenvalue weighted by molar-refractivity contribution is -0.0622. The van der Waals surface area contributed by atoms with Crippen molar-refractivity contribution < 1.29 is 13.5 Å². The average molecular weight is 234 g/mol. The first-order valence-electron chi connectivity index (χ1n) is 6.27. The van der Waals surface area contributed by atoms with E-state index in [1.807, 2.05) is 13.8 Å². The zero-order valence-corrected chi connectivity index (χ0v) is 10.9. The van der Waals surface area contributed by atoms with Crippen molar-refractivity contribution in [3.63, 3.8) is 0 Å². The van der Waals surface area contributed by atoms with E-state index in [1.54, 1.807) is 13.8 Å². The first kappa shape index (κ1) is 13.9. The highest BCUT2D eigenvalue weighted by molar-refractivity contribution is 4.94. The van der Waals surface area contributed by atoms with Crippen molar-refractivity contribution in [1.82, 2.24) is 0 Å². The molecule has 0 aromatic heterocycles. The zero-order chi connectivity index (χ0) is 12.4. The summed E-state index contributed by atoms with van der Waals surface area (Å²) in [6.45, 7) is 7.80. The molecule has 0 unspecified atom stereocenters. The predicted molar refractivity (Wildman–Crippen MR) is 61.8 cm³/mol. The van der Waals surface area contributed by atoms with Crippen LogP contribution in [-0.2, 0) is 4.74 Å². The van der Waals surface area contributed by atoms with E-state index in [-0.39, 0.29) is 17.9 Å². The van der Waals surface area contributed by atoms with Crippen LogP contribution in [0.3, 0.4) is 0 Å². The summed E-state index contributed by atoms with van der Waals surface area (Å²) < 4.78 is 32.5. The fraction of sp³-hybridized carbons (Fsp3) is 1.00. The van der Waals surface area contributed by atoms with E-state index in [9.17, 15) is 8.78 Å². The second-order valence-corrected chi connectivity index (χ2v) is 5.78. The number of hydrogen-bond acceptors (Lipinski definition) is 1. The third kappa shape index (κ3) is 4.00. The van der Waals surface area contributed by atoms with Gasteiger partial charge in [0.05, 0.1) is 12.7 Å². The Morgan fingerprint density at radius 3 is 2.12 bits per heavy atom. The van der Waals surface area contributed by atoms with Crippen LogP contribution >= 0.6 is 0 Å². The maximum atomic E-state index is 13.5. The van der Waals surface area contributed by atoms with Gasteiger partial charge in [0.25, 0.3) is 0 Å². The van der Waals surface area contributed by atoms with Gasteiger partial charge in [0.15, 0.2) is 0 Å². The smallest absolute Gasteiger partial charge is 0.250 e. The van der Waals surface area contributed by atoms with Crippen LogP contribution in [0, 0.1) is 11.3 Å². The maximum Gasteiger partial charge on any atom is 0.250 e. The van der Waals surface area contributed by atoms with Crippen LogP contribution < -0.4 is 0 Å². The molecular formula is C13H24F2O. The van der Waals surface area contributed by atoms with Gasteiger partial charge in [-0.15, -0.1) is 0 Å². The lowest BCUT2D eigenvalue weighted by Crippen LogP contribution is -2.26. The molecule has 1 nitrogen and oxygen atoms in total. The Labute approximate surface area is 97.6 Å². The normalized spacial score (nSPS) is 19.5. The molecule has 0 heterocycles. The Hall–Kier alpha value is -0.180.